The molecule has 0 bridgehead atoms. The van der Waals surface area contributed by atoms with Gasteiger partial charge in [0.2, 0.25) is 5.91 Å². The molecule has 1 aliphatic rings. The number of nitrogens with one attached hydrogen (secondary N) is 1. The first kappa shape index (κ1) is 20.7. The molecule has 150 valence electrons. The molecule has 1 amide bonds. The van der Waals surface area contributed by atoms with E-state index in [2.05, 4.69) is 41.1 Å². The van der Waals surface area contributed by atoms with Gasteiger partial charge in [-0.05, 0) is 49.1 Å². The predicted molar refractivity (Wildman–Crippen MR) is 118 cm³/mol. The number of carbonyl (C=O) groups is 1. The van der Waals surface area contributed by atoms with Gasteiger partial charge in [-0.15, -0.1) is 0 Å². The number of hydrogen-bond donors (Lipinski definition) is 1. The minimum absolute atomic E-state index is 0.0620. The maximum Gasteiger partial charge on any atom is 0.241 e. The number of amides is 1. The van der Waals surface area contributed by atoms with Crippen LogP contribution in [-0.2, 0) is 4.79 Å². The molecule has 1 fully saturated rings. The predicted octanol–water partition coefficient (Wildman–Crippen LogP) is 5.00. The Bertz CT molecular complexity index is 802. The van der Waals surface area contributed by atoms with E-state index in [1.807, 2.05) is 43.3 Å². The van der Waals surface area contributed by atoms with E-state index in [9.17, 15) is 4.79 Å². The molecule has 2 aromatic carbocycles. The topological polar surface area (TPSA) is 35.6 Å². The summed E-state index contributed by atoms with van der Waals surface area (Å²) in [7, 11) is 0. The number of halogens is 1. The van der Waals surface area contributed by atoms with Gasteiger partial charge in [0.1, 0.15) is 0 Å². The Balaban J connectivity index is 1.59. The van der Waals surface area contributed by atoms with Crippen LogP contribution >= 0.6 is 11.6 Å². The molecular formula is C23H30ClN3O. The Hall–Kier alpha value is -2.04. The van der Waals surface area contributed by atoms with Crippen LogP contribution in [0.1, 0.15) is 38.7 Å². The average molecular weight is 400 g/mol. The molecule has 1 saturated heterocycles. The summed E-state index contributed by atoms with van der Waals surface area (Å²) in [4.78, 5) is 17.5. The van der Waals surface area contributed by atoms with Crippen LogP contribution in [0, 0.1) is 0 Å². The lowest BCUT2D eigenvalue weighted by molar-refractivity contribution is -0.120. The van der Waals surface area contributed by atoms with Crippen LogP contribution in [0.3, 0.4) is 0 Å². The first-order chi connectivity index (χ1) is 13.5. The van der Waals surface area contributed by atoms with E-state index < -0.39 is 0 Å². The van der Waals surface area contributed by atoms with E-state index in [1.54, 1.807) is 0 Å². The van der Waals surface area contributed by atoms with Crippen molar-refractivity contribution < 1.29 is 4.79 Å². The van der Waals surface area contributed by atoms with E-state index in [4.69, 9.17) is 11.6 Å². The van der Waals surface area contributed by atoms with Crippen molar-refractivity contribution >= 4 is 28.9 Å². The fraction of sp³-hybridized carbons (Fsp3) is 0.435. The maximum atomic E-state index is 12.9. The van der Waals surface area contributed by atoms with E-state index in [-0.39, 0.29) is 11.9 Å². The third-order valence-electron chi connectivity index (χ3n) is 5.78. The van der Waals surface area contributed by atoms with Gasteiger partial charge in [-0.25, -0.2) is 0 Å². The molecule has 1 N–H and O–H groups in total. The van der Waals surface area contributed by atoms with Gasteiger partial charge in [0, 0.05) is 42.6 Å². The largest absolute Gasteiger partial charge is 0.369 e. The van der Waals surface area contributed by atoms with Crippen LogP contribution in [0.4, 0.5) is 11.4 Å². The van der Waals surface area contributed by atoms with Crippen LogP contribution in [0.5, 0.6) is 0 Å². The van der Waals surface area contributed by atoms with Crippen molar-refractivity contribution in [1.82, 2.24) is 4.90 Å². The number of carbonyl (C=O) groups excluding carboxylic acids is 1. The summed E-state index contributed by atoms with van der Waals surface area (Å²) in [5, 5.41) is 3.92. The van der Waals surface area contributed by atoms with Gasteiger partial charge in [0.05, 0.1) is 6.04 Å². The van der Waals surface area contributed by atoms with Gasteiger partial charge in [-0.3, -0.25) is 9.69 Å². The molecule has 28 heavy (non-hydrogen) atoms. The second-order valence-electron chi connectivity index (χ2n) is 7.56. The summed E-state index contributed by atoms with van der Waals surface area (Å²) in [6.45, 7) is 9.86. The normalized spacial score (nSPS) is 17.2. The van der Waals surface area contributed by atoms with Crippen molar-refractivity contribution in [3.05, 3.63) is 59.1 Å². The Morgan fingerprint density at radius 3 is 2.46 bits per heavy atom. The van der Waals surface area contributed by atoms with E-state index in [0.29, 0.717) is 5.92 Å². The molecule has 1 aliphatic heterocycles. The Labute approximate surface area is 173 Å². The quantitative estimate of drug-likeness (QED) is 0.742. The fourth-order valence-corrected chi connectivity index (χ4v) is 3.89. The van der Waals surface area contributed by atoms with E-state index in [0.717, 1.165) is 49.0 Å². The second kappa shape index (κ2) is 9.44. The minimum atomic E-state index is -0.161. The van der Waals surface area contributed by atoms with Crippen molar-refractivity contribution in [1.29, 1.82) is 0 Å². The van der Waals surface area contributed by atoms with Crippen molar-refractivity contribution in [3.63, 3.8) is 0 Å². The first-order valence-electron chi connectivity index (χ1n) is 10.1. The molecule has 2 aromatic rings. The monoisotopic (exact) mass is 399 g/mol. The molecule has 1 heterocycles. The molecule has 0 aromatic heterocycles. The smallest absolute Gasteiger partial charge is 0.241 e. The molecule has 0 radical (unpaired) electrons. The standard InChI is InChI=1S/C23H30ClN3O/c1-4-17(2)21-10-5-6-11-22(21)25-23(28)18(3)26-12-14-27(15-13-26)20-9-7-8-19(24)16-20/h5-11,16-18H,4,12-15H2,1-3H3,(H,25,28)/t17-,18+/m1/s1. The highest BCUT2D eigenvalue weighted by atomic mass is 35.5. The van der Waals surface area contributed by atoms with E-state index in [1.165, 1.54) is 5.56 Å². The zero-order chi connectivity index (χ0) is 20.1. The summed E-state index contributed by atoms with van der Waals surface area (Å²) in [6, 6.07) is 15.9. The minimum Gasteiger partial charge on any atom is -0.369 e. The molecule has 5 heteroatoms. The lowest BCUT2D eigenvalue weighted by Crippen LogP contribution is -2.52. The summed E-state index contributed by atoms with van der Waals surface area (Å²) in [5.74, 6) is 0.486. The van der Waals surface area contributed by atoms with Crippen molar-refractivity contribution in [2.75, 3.05) is 36.4 Å². The summed E-state index contributed by atoms with van der Waals surface area (Å²) in [6.07, 6.45) is 1.05. The lowest BCUT2D eigenvalue weighted by atomic mass is 9.97. The summed E-state index contributed by atoms with van der Waals surface area (Å²) in [5.41, 5.74) is 3.29. The Morgan fingerprint density at radius 1 is 1.07 bits per heavy atom. The van der Waals surface area contributed by atoms with Gasteiger partial charge < -0.3 is 10.2 Å². The van der Waals surface area contributed by atoms with Gasteiger partial charge in [-0.1, -0.05) is 49.7 Å². The summed E-state index contributed by atoms with van der Waals surface area (Å²) < 4.78 is 0. The number of para-hydroxylation sites is 1. The zero-order valence-corrected chi connectivity index (χ0v) is 17.7. The first-order valence-corrected chi connectivity index (χ1v) is 10.5. The average Bonchev–Trinajstić information content (AvgIpc) is 2.73. The molecule has 0 saturated carbocycles. The summed E-state index contributed by atoms with van der Waals surface area (Å²) >= 11 is 6.12. The number of anilines is 2. The highest BCUT2D eigenvalue weighted by molar-refractivity contribution is 6.30. The zero-order valence-electron chi connectivity index (χ0n) is 17.0. The number of piperazine rings is 1. The lowest BCUT2D eigenvalue weighted by Gasteiger charge is -2.38. The molecule has 0 spiro atoms. The highest BCUT2D eigenvalue weighted by Gasteiger charge is 2.26. The fourth-order valence-electron chi connectivity index (χ4n) is 3.70. The van der Waals surface area contributed by atoms with Crippen LogP contribution in [-0.4, -0.2) is 43.0 Å². The van der Waals surface area contributed by atoms with Crippen LogP contribution in [0.2, 0.25) is 5.02 Å². The van der Waals surface area contributed by atoms with Gasteiger partial charge >= 0.3 is 0 Å². The molecular weight excluding hydrogens is 370 g/mol. The van der Waals surface area contributed by atoms with Gasteiger partial charge in [0.25, 0.3) is 0 Å². The molecule has 0 unspecified atom stereocenters. The SMILES string of the molecule is CC[C@@H](C)c1ccccc1NC(=O)[C@H](C)N1CCN(c2cccc(Cl)c2)CC1. The molecule has 2 atom stereocenters. The molecule has 3 rings (SSSR count). The number of nitrogens with zero attached hydrogens (tertiary/aromatic N) is 2. The maximum absolute atomic E-state index is 12.9. The van der Waals surface area contributed by atoms with Crippen LogP contribution in [0.25, 0.3) is 0 Å². The Morgan fingerprint density at radius 2 is 1.79 bits per heavy atom. The van der Waals surface area contributed by atoms with Crippen molar-refractivity contribution in [3.8, 4) is 0 Å². The molecule has 4 nitrogen and oxygen atoms in total. The highest BCUT2D eigenvalue weighted by Crippen LogP contribution is 2.27. The number of hydrogen-bond acceptors (Lipinski definition) is 3. The van der Waals surface area contributed by atoms with Crippen molar-refractivity contribution in [2.45, 2.75) is 39.2 Å². The van der Waals surface area contributed by atoms with E-state index >= 15 is 0 Å². The molecule has 0 aliphatic carbocycles. The third kappa shape index (κ3) is 4.86. The Kier molecular flexibility index (Phi) is 6.97. The van der Waals surface area contributed by atoms with Gasteiger partial charge in [-0.2, -0.15) is 0 Å². The second-order valence-corrected chi connectivity index (χ2v) is 8.00. The van der Waals surface area contributed by atoms with Crippen LogP contribution in [0.15, 0.2) is 48.5 Å². The van der Waals surface area contributed by atoms with Crippen LogP contribution < -0.4 is 10.2 Å². The number of rotatable bonds is 6. The van der Waals surface area contributed by atoms with Crippen molar-refractivity contribution in [2.24, 2.45) is 0 Å². The third-order valence-corrected chi connectivity index (χ3v) is 6.01. The number of benzene rings is 2. The van der Waals surface area contributed by atoms with Gasteiger partial charge in [0.15, 0.2) is 0 Å².